The predicted octanol–water partition coefficient (Wildman–Crippen LogP) is 1.79. The maximum Gasteiger partial charge on any atom is 0.242 e. The normalized spacial score (nSPS) is 15.8. The third-order valence-electron chi connectivity index (χ3n) is 3.48. The van der Waals surface area contributed by atoms with E-state index in [4.69, 9.17) is 26.8 Å². The lowest BCUT2D eigenvalue weighted by atomic mass is 10.2. The maximum atomic E-state index is 12.5. The molecule has 0 saturated heterocycles. The molecule has 6 nitrogen and oxygen atoms in total. The first kappa shape index (κ1) is 19.3. The van der Waals surface area contributed by atoms with Crippen molar-refractivity contribution in [1.82, 2.24) is 4.72 Å². The number of sulfonamides is 1. The van der Waals surface area contributed by atoms with E-state index in [0.717, 1.165) is 12.8 Å². The Balaban J connectivity index is 0.00000242. The van der Waals surface area contributed by atoms with Crippen LogP contribution in [0.4, 0.5) is 0 Å². The molecule has 1 aromatic carbocycles. The molecule has 0 aliphatic heterocycles. The van der Waals surface area contributed by atoms with Gasteiger partial charge in [0.2, 0.25) is 10.0 Å². The molecule has 3 N–H and O–H groups in total. The molecule has 1 fully saturated rings. The fraction of sp³-hybridized carbons (Fsp3) is 0.538. The van der Waals surface area contributed by atoms with Gasteiger partial charge >= 0.3 is 0 Å². The Labute approximate surface area is 141 Å². The van der Waals surface area contributed by atoms with Gasteiger partial charge in [0, 0.05) is 24.7 Å². The average Bonchev–Trinajstić information content (AvgIpc) is 3.28. The molecule has 0 spiro atoms. The molecule has 1 aromatic rings. The van der Waals surface area contributed by atoms with Crippen molar-refractivity contribution in [3.63, 3.8) is 0 Å². The van der Waals surface area contributed by atoms with Crippen molar-refractivity contribution in [2.75, 3.05) is 20.8 Å². The fourth-order valence-electron chi connectivity index (χ4n) is 2.14. The number of nitrogens with two attached hydrogens (primary N) is 1. The second kappa shape index (κ2) is 7.70. The highest BCUT2D eigenvalue weighted by atomic mass is 35.5. The Kier molecular flexibility index (Phi) is 6.76. The van der Waals surface area contributed by atoms with Gasteiger partial charge in [-0.1, -0.05) is 11.6 Å². The first-order chi connectivity index (χ1) is 9.92. The van der Waals surface area contributed by atoms with E-state index >= 15 is 0 Å². The molecule has 0 aromatic heterocycles. The lowest BCUT2D eigenvalue weighted by Gasteiger charge is -2.18. The molecule has 1 aliphatic rings. The van der Waals surface area contributed by atoms with E-state index in [1.165, 1.54) is 26.4 Å². The van der Waals surface area contributed by atoms with Crippen LogP contribution >= 0.6 is 24.0 Å². The van der Waals surface area contributed by atoms with Gasteiger partial charge in [-0.05, 0) is 18.8 Å². The highest BCUT2D eigenvalue weighted by Gasteiger charge is 2.34. The van der Waals surface area contributed by atoms with Crippen molar-refractivity contribution in [2.24, 2.45) is 11.7 Å². The zero-order valence-corrected chi connectivity index (χ0v) is 14.7. The van der Waals surface area contributed by atoms with E-state index in [1.54, 1.807) is 0 Å². The number of nitrogens with one attached hydrogen (secondary N) is 1. The summed E-state index contributed by atoms with van der Waals surface area (Å²) < 4.78 is 37.8. The van der Waals surface area contributed by atoms with Gasteiger partial charge in [0.15, 0.2) is 11.5 Å². The number of halogens is 2. The number of hydrogen-bond donors (Lipinski definition) is 2. The van der Waals surface area contributed by atoms with Crippen LogP contribution < -0.4 is 19.9 Å². The molecular weight excluding hydrogens is 351 g/mol. The average molecular weight is 371 g/mol. The summed E-state index contributed by atoms with van der Waals surface area (Å²) in [5.74, 6) is 0.987. The van der Waals surface area contributed by atoms with E-state index in [1.807, 2.05) is 0 Å². The summed E-state index contributed by atoms with van der Waals surface area (Å²) >= 11 is 6.06. The first-order valence-electron chi connectivity index (χ1n) is 6.57. The largest absolute Gasteiger partial charge is 0.493 e. The Morgan fingerprint density at radius 1 is 1.32 bits per heavy atom. The van der Waals surface area contributed by atoms with Crippen molar-refractivity contribution in [2.45, 2.75) is 23.8 Å². The molecule has 9 heteroatoms. The minimum atomic E-state index is -3.76. The Bertz CT molecular complexity index is 621. The number of benzene rings is 1. The van der Waals surface area contributed by atoms with Crippen LogP contribution in [0, 0.1) is 5.92 Å². The summed E-state index contributed by atoms with van der Waals surface area (Å²) in [5, 5.41) is 0.0757. The second-order valence-corrected chi connectivity index (χ2v) is 7.03. The zero-order valence-electron chi connectivity index (χ0n) is 12.3. The summed E-state index contributed by atoms with van der Waals surface area (Å²) in [5.41, 5.74) is 5.63. The van der Waals surface area contributed by atoms with Gasteiger partial charge in [-0.3, -0.25) is 0 Å². The molecule has 0 heterocycles. The van der Waals surface area contributed by atoms with Gasteiger partial charge in [-0.25, -0.2) is 13.1 Å². The number of ether oxygens (including phenoxy) is 2. The Hall–Kier alpha value is -0.730. The molecule has 1 saturated carbocycles. The lowest BCUT2D eigenvalue weighted by Crippen LogP contribution is -2.41. The number of rotatable bonds is 7. The van der Waals surface area contributed by atoms with Gasteiger partial charge in [0.1, 0.15) is 4.90 Å². The van der Waals surface area contributed by atoms with E-state index in [0.29, 0.717) is 17.4 Å². The smallest absolute Gasteiger partial charge is 0.242 e. The van der Waals surface area contributed by atoms with Gasteiger partial charge in [-0.15, -0.1) is 12.4 Å². The minimum Gasteiger partial charge on any atom is -0.493 e. The molecule has 1 unspecified atom stereocenters. The minimum absolute atomic E-state index is 0. The second-order valence-electron chi connectivity index (χ2n) is 4.94. The molecular formula is C13H20Cl2N2O4S. The van der Waals surface area contributed by atoms with Crippen LogP contribution in [0.5, 0.6) is 11.5 Å². The predicted molar refractivity (Wildman–Crippen MR) is 87.7 cm³/mol. The van der Waals surface area contributed by atoms with Gasteiger partial charge in [0.05, 0.1) is 19.2 Å². The molecule has 0 radical (unpaired) electrons. The summed E-state index contributed by atoms with van der Waals surface area (Å²) in [4.78, 5) is -0.0408. The summed E-state index contributed by atoms with van der Waals surface area (Å²) in [7, 11) is -0.873. The van der Waals surface area contributed by atoms with E-state index in [2.05, 4.69) is 4.72 Å². The summed E-state index contributed by atoms with van der Waals surface area (Å²) in [6.07, 6.45) is 1.98. The van der Waals surface area contributed by atoms with Crippen LogP contribution in [-0.2, 0) is 10.0 Å². The van der Waals surface area contributed by atoms with E-state index in [-0.39, 0.29) is 34.9 Å². The van der Waals surface area contributed by atoms with Crippen LogP contribution in [0.1, 0.15) is 12.8 Å². The first-order valence-corrected chi connectivity index (χ1v) is 8.43. The molecule has 1 atom stereocenters. The van der Waals surface area contributed by atoms with E-state index in [9.17, 15) is 8.42 Å². The van der Waals surface area contributed by atoms with Crippen molar-refractivity contribution in [3.8, 4) is 11.5 Å². The summed E-state index contributed by atoms with van der Waals surface area (Å²) in [6.45, 7) is 0.259. The fourth-order valence-corrected chi connectivity index (χ4v) is 3.99. The Morgan fingerprint density at radius 2 is 1.86 bits per heavy atom. The molecule has 0 amide bonds. The molecule has 1 aliphatic carbocycles. The molecule has 22 heavy (non-hydrogen) atoms. The lowest BCUT2D eigenvalue weighted by molar-refractivity contribution is 0.354. The van der Waals surface area contributed by atoms with Crippen LogP contribution in [-0.4, -0.2) is 35.2 Å². The van der Waals surface area contributed by atoms with E-state index < -0.39 is 10.0 Å². The van der Waals surface area contributed by atoms with Crippen molar-refractivity contribution in [1.29, 1.82) is 0 Å². The number of hydrogen-bond acceptors (Lipinski definition) is 5. The number of methoxy groups -OCH3 is 2. The third kappa shape index (κ3) is 4.17. The van der Waals surface area contributed by atoms with Gasteiger partial charge in [0.25, 0.3) is 0 Å². The summed E-state index contributed by atoms with van der Waals surface area (Å²) in [6, 6.07) is 2.51. The van der Waals surface area contributed by atoms with Crippen LogP contribution in [0.3, 0.4) is 0 Å². The quantitative estimate of drug-likeness (QED) is 0.763. The monoisotopic (exact) mass is 370 g/mol. The van der Waals surface area contributed by atoms with Gasteiger partial charge in [-0.2, -0.15) is 0 Å². The highest BCUT2D eigenvalue weighted by Crippen LogP contribution is 2.37. The molecule has 0 bridgehead atoms. The standard InChI is InChI=1S/C13H19ClN2O4S.ClH/c1-19-11-5-9(14)13(6-12(11)20-2)21(17,18)16-10(7-15)8-3-4-8;/h5-6,8,10,16H,3-4,7,15H2,1-2H3;1H. The maximum absolute atomic E-state index is 12.5. The highest BCUT2D eigenvalue weighted by molar-refractivity contribution is 7.89. The van der Waals surface area contributed by atoms with Crippen molar-refractivity contribution < 1.29 is 17.9 Å². The Morgan fingerprint density at radius 3 is 2.32 bits per heavy atom. The third-order valence-corrected chi connectivity index (χ3v) is 5.43. The topological polar surface area (TPSA) is 90.7 Å². The van der Waals surface area contributed by atoms with Crippen LogP contribution in [0.15, 0.2) is 17.0 Å². The van der Waals surface area contributed by atoms with Crippen molar-refractivity contribution in [3.05, 3.63) is 17.2 Å². The zero-order chi connectivity index (χ0) is 15.6. The van der Waals surface area contributed by atoms with Crippen molar-refractivity contribution >= 4 is 34.0 Å². The van der Waals surface area contributed by atoms with Crippen LogP contribution in [0.25, 0.3) is 0 Å². The SMILES string of the molecule is COc1cc(Cl)c(S(=O)(=O)NC(CN)C2CC2)cc1OC.Cl. The van der Waals surface area contributed by atoms with Gasteiger partial charge < -0.3 is 15.2 Å². The molecule has 2 rings (SSSR count). The molecule has 126 valence electrons. The van der Waals surface area contributed by atoms with Crippen LogP contribution in [0.2, 0.25) is 5.02 Å².